The number of thioether (sulfide) groups is 1. The van der Waals surface area contributed by atoms with Gasteiger partial charge in [-0.3, -0.25) is 9.69 Å². The smallest absolute Gasteiger partial charge is 0.176 e. The molecule has 104 valence electrons. The molecular formula is C16H23NOS. The number of aryl methyl sites for hydroxylation is 1. The standard InChI is InChI=1S/C16H23NOS/c1-3-4-14-5-7-15(8-6-14)16(18)12-17-9-10-19-13(2)11-17/h5-8,13H,3-4,9-12H2,1-2H3. The lowest BCUT2D eigenvalue weighted by Crippen LogP contribution is -2.39. The van der Waals surface area contributed by atoms with Crippen LogP contribution in [0.1, 0.15) is 36.2 Å². The van der Waals surface area contributed by atoms with Crippen LogP contribution < -0.4 is 0 Å². The first-order valence-corrected chi connectivity index (χ1v) is 8.20. The van der Waals surface area contributed by atoms with Crippen LogP contribution in [0.3, 0.4) is 0 Å². The fourth-order valence-corrected chi connectivity index (χ4v) is 3.56. The Kier molecular flexibility index (Phi) is 5.46. The van der Waals surface area contributed by atoms with Crippen LogP contribution in [-0.2, 0) is 6.42 Å². The van der Waals surface area contributed by atoms with E-state index in [1.54, 1.807) is 0 Å². The van der Waals surface area contributed by atoms with Crippen LogP contribution in [-0.4, -0.2) is 41.3 Å². The monoisotopic (exact) mass is 277 g/mol. The number of carbonyl (C=O) groups excluding carboxylic acids is 1. The highest BCUT2D eigenvalue weighted by Gasteiger charge is 2.19. The van der Waals surface area contributed by atoms with Gasteiger partial charge in [0, 0.05) is 29.7 Å². The lowest BCUT2D eigenvalue weighted by atomic mass is 10.1. The molecule has 1 atom stereocenters. The van der Waals surface area contributed by atoms with E-state index in [1.165, 1.54) is 5.56 Å². The average Bonchev–Trinajstić information content (AvgIpc) is 2.40. The van der Waals surface area contributed by atoms with Crippen molar-refractivity contribution in [2.45, 2.75) is 31.9 Å². The van der Waals surface area contributed by atoms with E-state index >= 15 is 0 Å². The van der Waals surface area contributed by atoms with Crippen molar-refractivity contribution in [1.29, 1.82) is 0 Å². The quantitative estimate of drug-likeness (QED) is 0.771. The Labute approximate surface area is 120 Å². The Morgan fingerprint density at radius 3 is 2.74 bits per heavy atom. The van der Waals surface area contributed by atoms with Crippen LogP contribution in [0.25, 0.3) is 0 Å². The van der Waals surface area contributed by atoms with Gasteiger partial charge < -0.3 is 0 Å². The molecule has 0 bridgehead atoms. The normalized spacial score (nSPS) is 20.4. The number of hydrogen-bond acceptors (Lipinski definition) is 3. The molecule has 0 saturated carbocycles. The van der Waals surface area contributed by atoms with Gasteiger partial charge in [-0.2, -0.15) is 11.8 Å². The topological polar surface area (TPSA) is 20.3 Å². The molecule has 1 heterocycles. The molecule has 19 heavy (non-hydrogen) atoms. The Hall–Kier alpha value is -0.800. The second-order valence-electron chi connectivity index (χ2n) is 5.29. The van der Waals surface area contributed by atoms with Crippen molar-refractivity contribution in [1.82, 2.24) is 4.90 Å². The minimum Gasteiger partial charge on any atom is -0.294 e. The van der Waals surface area contributed by atoms with Gasteiger partial charge in [0.05, 0.1) is 6.54 Å². The molecule has 1 aromatic carbocycles. The second-order valence-corrected chi connectivity index (χ2v) is 6.83. The van der Waals surface area contributed by atoms with Crippen molar-refractivity contribution in [3.8, 4) is 0 Å². The number of ketones is 1. The molecule has 0 aromatic heterocycles. The lowest BCUT2D eigenvalue weighted by Gasteiger charge is -2.29. The maximum Gasteiger partial charge on any atom is 0.176 e. The summed E-state index contributed by atoms with van der Waals surface area (Å²) in [5.41, 5.74) is 2.17. The second kappa shape index (κ2) is 7.11. The zero-order chi connectivity index (χ0) is 13.7. The van der Waals surface area contributed by atoms with Gasteiger partial charge in [0.25, 0.3) is 0 Å². The predicted octanol–water partition coefficient (Wildman–Crippen LogP) is 3.26. The van der Waals surface area contributed by atoms with Gasteiger partial charge >= 0.3 is 0 Å². The van der Waals surface area contributed by atoms with Crippen molar-refractivity contribution in [3.63, 3.8) is 0 Å². The number of nitrogens with zero attached hydrogens (tertiary/aromatic N) is 1. The summed E-state index contributed by atoms with van der Waals surface area (Å²) in [6.45, 7) is 7.05. The number of benzene rings is 1. The fourth-order valence-electron chi connectivity index (χ4n) is 2.47. The zero-order valence-corrected chi connectivity index (χ0v) is 12.7. The van der Waals surface area contributed by atoms with E-state index < -0.39 is 0 Å². The van der Waals surface area contributed by atoms with Gasteiger partial charge in [-0.15, -0.1) is 0 Å². The van der Waals surface area contributed by atoms with E-state index in [0.717, 1.165) is 37.2 Å². The molecule has 0 amide bonds. The molecule has 2 rings (SSSR count). The molecular weight excluding hydrogens is 254 g/mol. The van der Waals surface area contributed by atoms with E-state index in [1.807, 2.05) is 23.9 Å². The van der Waals surface area contributed by atoms with E-state index in [0.29, 0.717) is 11.8 Å². The van der Waals surface area contributed by atoms with Crippen LogP contribution in [0.15, 0.2) is 24.3 Å². The summed E-state index contributed by atoms with van der Waals surface area (Å²) in [5, 5.41) is 0.647. The van der Waals surface area contributed by atoms with Crippen LogP contribution in [0.2, 0.25) is 0 Å². The summed E-state index contributed by atoms with van der Waals surface area (Å²) >= 11 is 2.00. The van der Waals surface area contributed by atoms with Gasteiger partial charge in [0.1, 0.15) is 0 Å². The van der Waals surface area contributed by atoms with E-state index in [9.17, 15) is 4.79 Å². The SMILES string of the molecule is CCCc1ccc(C(=O)CN2CCSC(C)C2)cc1. The number of rotatable bonds is 5. The summed E-state index contributed by atoms with van der Waals surface area (Å²) in [6.07, 6.45) is 2.24. The summed E-state index contributed by atoms with van der Waals surface area (Å²) < 4.78 is 0. The molecule has 0 spiro atoms. The Bertz CT molecular complexity index is 415. The van der Waals surface area contributed by atoms with E-state index in [-0.39, 0.29) is 5.78 Å². The Balaban J connectivity index is 1.91. The highest BCUT2D eigenvalue weighted by atomic mass is 32.2. The van der Waals surface area contributed by atoms with Crippen LogP contribution in [0.4, 0.5) is 0 Å². The molecule has 1 unspecified atom stereocenters. The largest absolute Gasteiger partial charge is 0.294 e. The third-order valence-electron chi connectivity index (χ3n) is 3.51. The van der Waals surface area contributed by atoms with Crippen LogP contribution >= 0.6 is 11.8 Å². The summed E-state index contributed by atoms with van der Waals surface area (Å²) in [5.74, 6) is 1.39. The molecule has 1 aromatic rings. The van der Waals surface area contributed by atoms with E-state index in [2.05, 4.69) is 30.9 Å². The average molecular weight is 277 g/mol. The van der Waals surface area contributed by atoms with Crippen molar-refractivity contribution < 1.29 is 4.79 Å². The first-order valence-electron chi connectivity index (χ1n) is 7.15. The van der Waals surface area contributed by atoms with E-state index in [4.69, 9.17) is 0 Å². The van der Waals surface area contributed by atoms with Crippen LogP contribution in [0.5, 0.6) is 0 Å². The van der Waals surface area contributed by atoms with Gasteiger partial charge in [-0.25, -0.2) is 0 Å². The molecule has 0 radical (unpaired) electrons. The maximum absolute atomic E-state index is 12.2. The summed E-state index contributed by atoms with van der Waals surface area (Å²) in [7, 11) is 0. The Morgan fingerprint density at radius 1 is 1.37 bits per heavy atom. The Morgan fingerprint density at radius 2 is 2.11 bits per heavy atom. The third kappa shape index (κ3) is 4.36. The molecule has 1 fully saturated rings. The number of hydrogen-bond donors (Lipinski definition) is 0. The first-order chi connectivity index (χ1) is 9.19. The minimum atomic E-state index is 0.252. The lowest BCUT2D eigenvalue weighted by molar-refractivity contribution is 0.0934. The number of Topliss-reactive ketones (excluding diaryl/α,β-unsaturated/α-hetero) is 1. The fraction of sp³-hybridized carbons (Fsp3) is 0.562. The zero-order valence-electron chi connectivity index (χ0n) is 11.9. The molecule has 1 saturated heterocycles. The van der Waals surface area contributed by atoms with Crippen molar-refractivity contribution in [3.05, 3.63) is 35.4 Å². The first kappa shape index (κ1) is 14.6. The molecule has 0 aliphatic carbocycles. The van der Waals surface area contributed by atoms with Gasteiger partial charge in [0.2, 0.25) is 0 Å². The molecule has 2 nitrogen and oxygen atoms in total. The molecule has 1 aliphatic rings. The van der Waals surface area contributed by atoms with Crippen LogP contribution in [0, 0.1) is 0 Å². The maximum atomic E-state index is 12.2. The predicted molar refractivity (Wildman–Crippen MR) is 83.1 cm³/mol. The van der Waals surface area contributed by atoms with Gasteiger partial charge in [-0.05, 0) is 12.0 Å². The van der Waals surface area contributed by atoms with Gasteiger partial charge in [-0.1, -0.05) is 44.5 Å². The molecule has 3 heteroatoms. The van der Waals surface area contributed by atoms with Gasteiger partial charge in [0.15, 0.2) is 5.78 Å². The summed E-state index contributed by atoms with van der Waals surface area (Å²) in [6, 6.07) is 8.14. The molecule has 0 N–H and O–H groups in total. The summed E-state index contributed by atoms with van der Waals surface area (Å²) in [4.78, 5) is 14.5. The van der Waals surface area contributed by atoms with Crippen molar-refractivity contribution in [2.24, 2.45) is 0 Å². The number of carbonyl (C=O) groups is 1. The molecule has 1 aliphatic heterocycles. The minimum absolute atomic E-state index is 0.252. The van der Waals surface area contributed by atoms with Crippen molar-refractivity contribution >= 4 is 17.5 Å². The highest BCUT2D eigenvalue weighted by Crippen LogP contribution is 2.18. The highest BCUT2D eigenvalue weighted by molar-refractivity contribution is 7.99. The van der Waals surface area contributed by atoms with Crippen molar-refractivity contribution in [2.75, 3.05) is 25.4 Å². The third-order valence-corrected chi connectivity index (χ3v) is 4.64.